The van der Waals surface area contributed by atoms with E-state index in [9.17, 15) is 8.42 Å². The Kier molecular flexibility index (Phi) is 14.4. The highest BCUT2D eigenvalue weighted by atomic mass is 32.2. The van der Waals surface area contributed by atoms with Crippen molar-refractivity contribution < 1.29 is 17.7 Å². The lowest BCUT2D eigenvalue weighted by molar-refractivity contribution is -0.775. The number of hydrogen-bond donors (Lipinski definition) is 1. The zero-order valence-corrected chi connectivity index (χ0v) is 18.8. The van der Waals surface area contributed by atoms with Crippen LogP contribution in [0.15, 0.2) is 18.5 Å². The molecule has 1 N–H and O–H groups in total. The zero-order chi connectivity index (χ0) is 20.5. The first kappa shape index (κ1) is 25.2. The average Bonchev–Trinajstić information content (AvgIpc) is 3.08. The third-order valence-corrected chi connectivity index (χ3v) is 6.18. The Balaban J connectivity index is 1.93. The molecule has 1 heterocycles. The van der Waals surface area contributed by atoms with E-state index in [0.29, 0.717) is 13.0 Å². The lowest BCUT2D eigenvalue weighted by atomic mass is 10.0. The number of hydrogen-bond acceptors (Lipinski definition) is 2. The van der Waals surface area contributed by atoms with Crippen molar-refractivity contribution in [3.63, 3.8) is 0 Å². The summed E-state index contributed by atoms with van der Waals surface area (Å²) in [6.07, 6.45) is 23.5. The van der Waals surface area contributed by atoms with Crippen molar-refractivity contribution in [2.75, 3.05) is 5.75 Å². The first-order valence-corrected chi connectivity index (χ1v) is 13.1. The van der Waals surface area contributed by atoms with Crippen LogP contribution in [0.4, 0.5) is 0 Å². The molecule has 0 aliphatic rings. The number of rotatable bonds is 19. The Hall–Kier alpha value is -0.880. The second kappa shape index (κ2) is 16.0. The summed E-state index contributed by atoms with van der Waals surface area (Å²) >= 11 is 0. The van der Waals surface area contributed by atoms with Gasteiger partial charge in [0.2, 0.25) is 0 Å². The second-order valence-corrected chi connectivity index (χ2v) is 9.62. The summed E-state index contributed by atoms with van der Waals surface area (Å²) in [5.74, 6) is -0.177. The van der Waals surface area contributed by atoms with Crippen LogP contribution in [0, 0.1) is 0 Å². The van der Waals surface area contributed by atoms with E-state index in [-0.39, 0.29) is 5.75 Å². The van der Waals surface area contributed by atoms with Gasteiger partial charge in [0, 0.05) is 12.5 Å². The molecule has 0 atom stereocenters. The normalized spacial score (nSPS) is 11.9. The molecule has 0 bridgehead atoms. The maximum absolute atomic E-state index is 10.8. The van der Waals surface area contributed by atoms with Gasteiger partial charge in [-0.15, -0.1) is 4.68 Å². The van der Waals surface area contributed by atoms with Gasteiger partial charge in [-0.05, 0) is 6.42 Å². The highest BCUT2D eigenvalue weighted by Crippen LogP contribution is 2.13. The second-order valence-electron chi connectivity index (χ2n) is 8.05. The van der Waals surface area contributed by atoms with Gasteiger partial charge >= 0.3 is 0 Å². The van der Waals surface area contributed by atoms with E-state index in [0.717, 1.165) is 13.0 Å². The Morgan fingerprint density at radius 1 is 0.786 bits per heavy atom. The Morgan fingerprint density at radius 3 is 1.79 bits per heavy atom. The van der Waals surface area contributed by atoms with E-state index in [1.165, 1.54) is 83.5 Å². The van der Waals surface area contributed by atoms with Crippen LogP contribution < -0.4 is 4.68 Å². The maximum atomic E-state index is 10.8. The summed E-state index contributed by atoms with van der Waals surface area (Å²) in [6, 6.07) is 1.98. The van der Waals surface area contributed by atoms with Crippen molar-refractivity contribution in [2.45, 2.75) is 116 Å². The number of unbranched alkanes of at least 4 members (excludes halogenated alkanes) is 13. The van der Waals surface area contributed by atoms with Crippen LogP contribution in [0.3, 0.4) is 0 Å². The molecule has 0 saturated carbocycles. The third-order valence-electron chi connectivity index (χ3n) is 5.38. The van der Waals surface area contributed by atoms with Gasteiger partial charge in [0.25, 0.3) is 10.1 Å². The van der Waals surface area contributed by atoms with Gasteiger partial charge in [-0.1, -0.05) is 90.4 Å². The van der Waals surface area contributed by atoms with Crippen LogP contribution in [0.25, 0.3) is 0 Å². The first-order valence-electron chi connectivity index (χ1n) is 11.5. The van der Waals surface area contributed by atoms with Crippen LogP contribution in [0.1, 0.15) is 103 Å². The molecule has 164 valence electrons. The summed E-state index contributed by atoms with van der Waals surface area (Å²) in [6.45, 7) is 3.86. The Morgan fingerprint density at radius 2 is 1.29 bits per heavy atom. The minimum Gasteiger partial charge on any atom is -0.286 e. The fraction of sp³-hybridized carbons (Fsp3) is 0.864. The van der Waals surface area contributed by atoms with E-state index in [1.54, 1.807) is 0 Å². The molecule has 1 rings (SSSR count). The van der Waals surface area contributed by atoms with E-state index in [4.69, 9.17) is 4.55 Å². The maximum Gasteiger partial charge on any atom is 0.265 e. The van der Waals surface area contributed by atoms with Crippen molar-refractivity contribution in [2.24, 2.45) is 0 Å². The molecular weight excluding hydrogens is 372 g/mol. The standard InChI is InChI=1S/C22H42N2O3S/c1-2-3-4-5-6-7-8-9-10-11-12-13-14-15-18-23-19-16-20-24(23)21-17-22-28(25,26)27/h16,19-20H,2-15,17-18,21-22H2,1H3/p+1. The molecule has 28 heavy (non-hydrogen) atoms. The Labute approximate surface area is 173 Å². The quantitative estimate of drug-likeness (QED) is 0.183. The molecule has 0 aromatic carbocycles. The lowest BCUT2D eigenvalue weighted by Crippen LogP contribution is -2.43. The van der Waals surface area contributed by atoms with E-state index in [1.807, 2.05) is 23.1 Å². The van der Waals surface area contributed by atoms with Crippen LogP contribution in [-0.2, 0) is 23.2 Å². The van der Waals surface area contributed by atoms with Crippen molar-refractivity contribution in [3.8, 4) is 0 Å². The summed E-state index contributed by atoms with van der Waals surface area (Å²) < 4.78 is 34.6. The minimum absolute atomic E-state index is 0.177. The summed E-state index contributed by atoms with van der Waals surface area (Å²) in [5, 5.41) is 0. The van der Waals surface area contributed by atoms with Crippen LogP contribution in [-0.4, -0.2) is 23.4 Å². The summed E-state index contributed by atoms with van der Waals surface area (Å²) in [7, 11) is -3.86. The van der Waals surface area contributed by atoms with E-state index in [2.05, 4.69) is 11.6 Å². The molecule has 0 unspecified atom stereocenters. The Bertz CT molecular complexity index is 584. The topological polar surface area (TPSA) is 63.2 Å². The predicted octanol–water partition coefficient (Wildman–Crippen LogP) is 5.53. The van der Waals surface area contributed by atoms with Crippen molar-refractivity contribution in [1.29, 1.82) is 0 Å². The van der Waals surface area contributed by atoms with Crippen molar-refractivity contribution in [3.05, 3.63) is 18.5 Å². The van der Waals surface area contributed by atoms with E-state index < -0.39 is 10.1 Å². The zero-order valence-electron chi connectivity index (χ0n) is 18.0. The first-order chi connectivity index (χ1) is 13.5. The number of aryl methyl sites for hydroxylation is 2. The molecule has 6 heteroatoms. The molecular formula is C22H43N2O3S+. The molecule has 0 fully saturated rings. The van der Waals surface area contributed by atoms with Gasteiger partial charge in [0.1, 0.15) is 0 Å². The van der Waals surface area contributed by atoms with Gasteiger partial charge in [-0.25, -0.2) is 0 Å². The van der Waals surface area contributed by atoms with Crippen LogP contribution in [0.5, 0.6) is 0 Å². The molecule has 0 spiro atoms. The van der Waals surface area contributed by atoms with Crippen molar-refractivity contribution in [1.82, 2.24) is 4.68 Å². The monoisotopic (exact) mass is 415 g/mol. The average molecular weight is 416 g/mol. The molecule has 0 aliphatic carbocycles. The van der Waals surface area contributed by atoms with Crippen LogP contribution in [0.2, 0.25) is 0 Å². The minimum atomic E-state index is -3.86. The molecule has 0 saturated heterocycles. The van der Waals surface area contributed by atoms with Crippen LogP contribution >= 0.6 is 0 Å². The van der Waals surface area contributed by atoms with E-state index >= 15 is 0 Å². The van der Waals surface area contributed by atoms with Crippen molar-refractivity contribution >= 4 is 10.1 Å². The largest absolute Gasteiger partial charge is 0.286 e. The summed E-state index contributed by atoms with van der Waals surface area (Å²) in [5.41, 5.74) is 0. The van der Waals surface area contributed by atoms with Gasteiger partial charge < -0.3 is 0 Å². The van der Waals surface area contributed by atoms with Gasteiger partial charge in [-0.3, -0.25) is 4.55 Å². The smallest absolute Gasteiger partial charge is 0.265 e. The van der Waals surface area contributed by atoms with Gasteiger partial charge in [-0.2, -0.15) is 13.1 Å². The molecule has 0 amide bonds. The highest BCUT2D eigenvalue weighted by Gasteiger charge is 2.11. The van der Waals surface area contributed by atoms with Gasteiger partial charge in [0.05, 0.1) is 18.5 Å². The third kappa shape index (κ3) is 14.2. The predicted molar refractivity (Wildman–Crippen MR) is 116 cm³/mol. The highest BCUT2D eigenvalue weighted by molar-refractivity contribution is 7.85. The summed E-state index contributed by atoms with van der Waals surface area (Å²) in [4.78, 5) is 0. The fourth-order valence-corrected chi connectivity index (χ4v) is 4.19. The lowest BCUT2D eigenvalue weighted by Gasteiger charge is -2.04. The molecule has 5 nitrogen and oxygen atoms in total. The molecule has 1 aromatic heterocycles. The molecule has 0 aliphatic heterocycles. The number of nitrogens with zero attached hydrogens (tertiary/aromatic N) is 2. The molecule has 1 aromatic rings. The molecule has 0 radical (unpaired) electrons. The van der Waals surface area contributed by atoms with Gasteiger partial charge in [0.15, 0.2) is 12.7 Å². The fourth-order valence-electron chi connectivity index (χ4n) is 3.69. The SMILES string of the molecule is CCCCCCCCCCCCCCCCn1ccc[n+]1CCCS(=O)(=O)O. The number of aromatic nitrogens is 2.